The summed E-state index contributed by atoms with van der Waals surface area (Å²) in [6.45, 7) is 9.05. The molecule has 0 amide bonds. The normalized spacial score (nSPS) is 12.0. The molecule has 1 N–H and O–H groups in total. The molecule has 0 aliphatic carbocycles. The average molecular weight is 417 g/mol. The molecule has 0 spiro atoms. The molecule has 1 aromatic rings. The van der Waals surface area contributed by atoms with E-state index in [0.29, 0.717) is 24.5 Å². The number of hydrogen-bond acceptors (Lipinski definition) is 6. The second kappa shape index (κ2) is 11.4. The molecule has 0 aromatic heterocycles. The number of ether oxygens (including phenoxy) is 2. The van der Waals surface area contributed by atoms with Gasteiger partial charge >= 0.3 is 13.7 Å². The van der Waals surface area contributed by atoms with Gasteiger partial charge in [0.15, 0.2) is 11.5 Å². The highest BCUT2D eigenvalue weighted by Gasteiger charge is 2.37. The van der Waals surface area contributed by atoms with Crippen molar-refractivity contribution in [3.8, 4) is 11.5 Å². The van der Waals surface area contributed by atoms with Crippen LogP contribution in [0.25, 0.3) is 0 Å². The Bertz CT molecular complexity index is 664. The van der Waals surface area contributed by atoms with Crippen molar-refractivity contribution in [3.63, 3.8) is 0 Å². The molecule has 1 rings (SSSR count). The van der Waals surface area contributed by atoms with Crippen LogP contribution in [0.15, 0.2) is 18.2 Å². The molecule has 0 saturated carbocycles. The first kappa shape index (κ1) is 24.4. The summed E-state index contributed by atoms with van der Waals surface area (Å²) in [6, 6.07) is 5.49. The van der Waals surface area contributed by atoms with Crippen molar-refractivity contribution in [1.29, 1.82) is 0 Å². The minimum Gasteiger partial charge on any atom is -0.493 e. The van der Waals surface area contributed by atoms with E-state index in [-0.39, 0.29) is 18.8 Å². The molecular formula is C19H32NO7P. The van der Waals surface area contributed by atoms with E-state index in [1.54, 1.807) is 40.9 Å². The van der Waals surface area contributed by atoms with Crippen LogP contribution in [-0.4, -0.2) is 54.8 Å². The second-order valence-electron chi connectivity index (χ2n) is 6.73. The minimum atomic E-state index is -3.78. The van der Waals surface area contributed by atoms with Crippen molar-refractivity contribution < 1.29 is 33.0 Å². The zero-order valence-electron chi connectivity index (χ0n) is 17.5. The Morgan fingerprint density at radius 2 is 1.75 bits per heavy atom. The highest BCUT2D eigenvalue weighted by Crippen LogP contribution is 2.54. The van der Waals surface area contributed by atoms with Crippen LogP contribution >= 0.6 is 7.75 Å². The summed E-state index contributed by atoms with van der Waals surface area (Å²) in [5.74, 6) is 0.112. The zero-order chi connectivity index (χ0) is 21.3. The molecule has 1 aromatic carbocycles. The number of carboxylic acids is 1. The van der Waals surface area contributed by atoms with Crippen LogP contribution < -0.4 is 9.47 Å². The van der Waals surface area contributed by atoms with E-state index in [4.69, 9.17) is 18.5 Å². The van der Waals surface area contributed by atoms with Gasteiger partial charge < -0.3 is 14.6 Å². The highest BCUT2D eigenvalue weighted by atomic mass is 31.2. The van der Waals surface area contributed by atoms with Crippen LogP contribution in [0.2, 0.25) is 0 Å². The van der Waals surface area contributed by atoms with Crippen molar-refractivity contribution in [2.45, 2.75) is 53.2 Å². The number of carbonyl (C=O) groups is 1. The lowest BCUT2D eigenvalue weighted by Gasteiger charge is -2.31. The first-order valence-corrected chi connectivity index (χ1v) is 10.8. The van der Waals surface area contributed by atoms with Gasteiger partial charge in [-0.05, 0) is 58.7 Å². The summed E-state index contributed by atoms with van der Waals surface area (Å²) in [4.78, 5) is 11.3. The summed E-state index contributed by atoms with van der Waals surface area (Å²) in [5, 5.41) is 9.28. The second-order valence-corrected chi connectivity index (χ2v) is 8.65. The molecule has 0 aliphatic rings. The number of hydrogen-bond donors (Lipinski definition) is 1. The summed E-state index contributed by atoms with van der Waals surface area (Å²) in [5.41, 5.74) is 0.885. The SMILES string of the molecule is CCOc1ccc(CCN(CC(=O)O)P(=O)(OC(C)C)OC(C)C)cc1OC. The lowest BCUT2D eigenvalue weighted by molar-refractivity contribution is -0.137. The van der Waals surface area contributed by atoms with Gasteiger partial charge in [-0.3, -0.25) is 13.8 Å². The predicted molar refractivity (Wildman–Crippen MR) is 107 cm³/mol. The maximum absolute atomic E-state index is 13.3. The van der Waals surface area contributed by atoms with Crippen molar-refractivity contribution >= 4 is 13.7 Å². The van der Waals surface area contributed by atoms with Gasteiger partial charge in [0.25, 0.3) is 0 Å². The maximum atomic E-state index is 13.3. The monoisotopic (exact) mass is 417 g/mol. The van der Waals surface area contributed by atoms with Gasteiger partial charge in [-0.2, -0.15) is 4.67 Å². The molecule has 0 fully saturated rings. The molecule has 0 unspecified atom stereocenters. The van der Waals surface area contributed by atoms with Gasteiger partial charge in [0, 0.05) is 6.54 Å². The first-order valence-electron chi connectivity index (χ1n) is 9.35. The van der Waals surface area contributed by atoms with E-state index >= 15 is 0 Å². The molecule has 0 heterocycles. The molecule has 8 nitrogen and oxygen atoms in total. The van der Waals surface area contributed by atoms with Crippen LogP contribution in [0.1, 0.15) is 40.2 Å². The fourth-order valence-corrected chi connectivity index (χ4v) is 4.56. The molecule has 9 heteroatoms. The number of aliphatic carboxylic acids is 1. The van der Waals surface area contributed by atoms with Crippen LogP contribution in [0.4, 0.5) is 0 Å². The first-order chi connectivity index (χ1) is 13.1. The smallest absolute Gasteiger partial charge is 0.409 e. The summed E-state index contributed by atoms with van der Waals surface area (Å²) >= 11 is 0. The van der Waals surface area contributed by atoms with E-state index in [9.17, 15) is 14.5 Å². The number of methoxy groups -OCH3 is 1. The molecule has 28 heavy (non-hydrogen) atoms. The Hall–Kier alpha value is -1.60. The van der Waals surface area contributed by atoms with Gasteiger partial charge in [-0.1, -0.05) is 6.07 Å². The molecule has 160 valence electrons. The van der Waals surface area contributed by atoms with Gasteiger partial charge in [0.05, 0.1) is 25.9 Å². The number of nitrogens with zero attached hydrogens (tertiary/aromatic N) is 1. The Labute approximate surface area is 167 Å². The van der Waals surface area contributed by atoms with E-state index in [0.717, 1.165) is 5.56 Å². The highest BCUT2D eigenvalue weighted by molar-refractivity contribution is 7.51. The Kier molecular flexibility index (Phi) is 9.96. The molecule has 0 bridgehead atoms. The van der Waals surface area contributed by atoms with Crippen molar-refractivity contribution in [1.82, 2.24) is 4.67 Å². The van der Waals surface area contributed by atoms with E-state index in [2.05, 4.69) is 0 Å². The van der Waals surface area contributed by atoms with Crippen LogP contribution in [0.3, 0.4) is 0 Å². The average Bonchev–Trinajstić information content (AvgIpc) is 2.57. The fraction of sp³-hybridized carbons (Fsp3) is 0.632. The molecule has 0 radical (unpaired) electrons. The molecule has 0 saturated heterocycles. The third-order valence-corrected chi connectivity index (χ3v) is 5.95. The Morgan fingerprint density at radius 1 is 1.14 bits per heavy atom. The lowest BCUT2D eigenvalue weighted by atomic mass is 10.1. The fourth-order valence-electron chi connectivity index (χ4n) is 2.54. The molecular weight excluding hydrogens is 385 g/mol. The van der Waals surface area contributed by atoms with Gasteiger partial charge in [0.2, 0.25) is 0 Å². The standard InChI is InChI=1S/C19H32NO7P/c1-7-25-17-9-8-16(12-18(17)24-6)10-11-20(13-19(21)22)28(23,26-14(2)3)27-15(4)5/h8-9,12,14-15H,7,10-11,13H2,1-6H3,(H,21,22). The van der Waals surface area contributed by atoms with Crippen molar-refractivity contribution in [2.75, 3.05) is 26.8 Å². The summed E-state index contributed by atoms with van der Waals surface area (Å²) < 4.78 is 36.5. The van der Waals surface area contributed by atoms with Gasteiger partial charge in [0.1, 0.15) is 6.54 Å². The zero-order valence-corrected chi connectivity index (χ0v) is 18.4. The van der Waals surface area contributed by atoms with E-state index in [1.807, 2.05) is 19.1 Å². The topological polar surface area (TPSA) is 94.5 Å². The quantitative estimate of drug-likeness (QED) is 0.482. The van der Waals surface area contributed by atoms with Crippen molar-refractivity contribution in [3.05, 3.63) is 23.8 Å². The van der Waals surface area contributed by atoms with Crippen LogP contribution in [0.5, 0.6) is 11.5 Å². The summed E-state index contributed by atoms with van der Waals surface area (Å²) in [6.07, 6.45) is -0.332. The van der Waals surface area contributed by atoms with E-state index < -0.39 is 20.3 Å². The van der Waals surface area contributed by atoms with Gasteiger partial charge in [-0.25, -0.2) is 4.57 Å². The third-order valence-electron chi connectivity index (χ3n) is 3.54. The largest absolute Gasteiger partial charge is 0.493 e. The molecule has 0 atom stereocenters. The molecule has 0 aliphatic heterocycles. The lowest BCUT2D eigenvalue weighted by Crippen LogP contribution is -2.32. The van der Waals surface area contributed by atoms with Gasteiger partial charge in [-0.15, -0.1) is 0 Å². The Morgan fingerprint density at radius 3 is 2.21 bits per heavy atom. The maximum Gasteiger partial charge on any atom is 0.409 e. The minimum absolute atomic E-state index is 0.181. The van der Waals surface area contributed by atoms with E-state index in [1.165, 1.54) is 4.67 Å². The van der Waals surface area contributed by atoms with Crippen LogP contribution in [0, 0.1) is 0 Å². The number of carboxylic acid groups (broad SMARTS) is 1. The summed E-state index contributed by atoms with van der Waals surface area (Å²) in [7, 11) is -2.22. The number of rotatable bonds is 13. The third kappa shape index (κ3) is 7.80. The Balaban J connectivity index is 3.05. The predicted octanol–water partition coefficient (Wildman–Crippen LogP) is 3.98. The number of benzene rings is 1. The van der Waals surface area contributed by atoms with Crippen LogP contribution in [-0.2, 0) is 24.8 Å². The van der Waals surface area contributed by atoms with Crippen molar-refractivity contribution in [2.24, 2.45) is 0 Å².